The van der Waals surface area contributed by atoms with Crippen molar-refractivity contribution in [2.45, 2.75) is 19.8 Å². The Kier molecular flexibility index (Phi) is 6.02. The van der Waals surface area contributed by atoms with E-state index in [1.807, 2.05) is 5.38 Å². The molecule has 1 heterocycles. The first-order chi connectivity index (χ1) is 11.5. The number of thiophene rings is 1. The molecule has 1 aromatic heterocycles. The summed E-state index contributed by atoms with van der Waals surface area (Å²) in [5.74, 6) is -0.405. The molecule has 0 saturated heterocycles. The van der Waals surface area contributed by atoms with E-state index < -0.39 is 4.92 Å². The number of rotatable bonds is 7. The summed E-state index contributed by atoms with van der Waals surface area (Å²) in [6.07, 6.45) is 0.698. The standard InChI is InChI=1S/C16H17N3O4S/c1-11-6-7-12(10-13(11)19(22)23)18-15(20)5-2-8-17-16(21)14-4-3-9-24-14/h3-4,6-7,9-10H,2,5,8H2,1H3,(H,17,21)(H,18,20). The molecule has 24 heavy (non-hydrogen) atoms. The summed E-state index contributed by atoms with van der Waals surface area (Å²) in [6, 6.07) is 8.09. The van der Waals surface area contributed by atoms with Gasteiger partial charge in [0.2, 0.25) is 5.91 Å². The van der Waals surface area contributed by atoms with E-state index in [1.54, 1.807) is 31.2 Å². The van der Waals surface area contributed by atoms with Crippen molar-refractivity contribution in [2.24, 2.45) is 0 Å². The van der Waals surface area contributed by atoms with Gasteiger partial charge in [0.1, 0.15) is 0 Å². The molecule has 0 spiro atoms. The van der Waals surface area contributed by atoms with Crippen molar-refractivity contribution >= 4 is 34.5 Å². The topological polar surface area (TPSA) is 101 Å². The number of hydrogen-bond donors (Lipinski definition) is 2. The van der Waals surface area contributed by atoms with Gasteiger partial charge in [-0.3, -0.25) is 19.7 Å². The van der Waals surface area contributed by atoms with Gasteiger partial charge in [-0.1, -0.05) is 12.1 Å². The summed E-state index contributed by atoms with van der Waals surface area (Å²) < 4.78 is 0. The molecule has 0 radical (unpaired) electrons. The highest BCUT2D eigenvalue weighted by atomic mass is 32.1. The van der Waals surface area contributed by atoms with E-state index in [-0.39, 0.29) is 23.9 Å². The SMILES string of the molecule is Cc1ccc(NC(=O)CCCNC(=O)c2cccs2)cc1[N+](=O)[O-]. The van der Waals surface area contributed by atoms with Gasteiger partial charge in [0, 0.05) is 30.3 Å². The van der Waals surface area contributed by atoms with E-state index in [9.17, 15) is 19.7 Å². The van der Waals surface area contributed by atoms with Crippen molar-refractivity contribution < 1.29 is 14.5 Å². The van der Waals surface area contributed by atoms with Crippen molar-refractivity contribution in [3.05, 3.63) is 56.3 Å². The van der Waals surface area contributed by atoms with Crippen LogP contribution in [0.5, 0.6) is 0 Å². The second kappa shape index (κ2) is 8.21. The maximum absolute atomic E-state index is 11.9. The largest absolute Gasteiger partial charge is 0.351 e. The van der Waals surface area contributed by atoms with Crippen LogP contribution in [0, 0.1) is 17.0 Å². The Hall–Kier alpha value is -2.74. The molecule has 2 amide bonds. The van der Waals surface area contributed by atoms with E-state index in [4.69, 9.17) is 0 Å². The van der Waals surface area contributed by atoms with Gasteiger partial charge >= 0.3 is 0 Å². The fourth-order valence-electron chi connectivity index (χ4n) is 2.05. The quantitative estimate of drug-likeness (QED) is 0.456. The lowest BCUT2D eigenvalue weighted by Gasteiger charge is -2.07. The molecular weight excluding hydrogens is 330 g/mol. The molecule has 2 rings (SSSR count). The fraction of sp³-hybridized carbons (Fsp3) is 0.250. The third kappa shape index (κ3) is 4.88. The molecule has 8 heteroatoms. The molecule has 0 aliphatic rings. The first-order valence-electron chi connectivity index (χ1n) is 7.34. The van der Waals surface area contributed by atoms with Crippen molar-refractivity contribution in [1.82, 2.24) is 5.32 Å². The number of nitrogens with one attached hydrogen (secondary N) is 2. The Morgan fingerprint density at radius 2 is 2.08 bits per heavy atom. The van der Waals surface area contributed by atoms with Gasteiger partial charge < -0.3 is 10.6 Å². The number of nitro groups is 1. The number of hydrogen-bond acceptors (Lipinski definition) is 5. The van der Waals surface area contributed by atoms with E-state index in [0.29, 0.717) is 29.1 Å². The molecule has 0 aliphatic heterocycles. The molecule has 0 bridgehead atoms. The zero-order valence-corrected chi connectivity index (χ0v) is 13.9. The molecule has 1 aromatic carbocycles. The average molecular weight is 347 g/mol. The number of anilines is 1. The summed E-state index contributed by atoms with van der Waals surface area (Å²) in [4.78, 5) is 34.6. The Labute approximate surface area is 142 Å². The number of nitrogens with zero attached hydrogens (tertiary/aromatic N) is 1. The molecule has 0 saturated carbocycles. The third-order valence-electron chi connectivity index (χ3n) is 3.30. The summed E-state index contributed by atoms with van der Waals surface area (Å²) in [7, 11) is 0. The lowest BCUT2D eigenvalue weighted by atomic mass is 10.2. The van der Waals surface area contributed by atoms with Gasteiger partial charge in [-0.2, -0.15) is 0 Å². The molecule has 0 unspecified atom stereocenters. The number of aryl methyl sites for hydroxylation is 1. The smallest absolute Gasteiger partial charge is 0.274 e. The van der Waals surface area contributed by atoms with E-state index in [2.05, 4.69) is 10.6 Å². The summed E-state index contributed by atoms with van der Waals surface area (Å²) >= 11 is 1.36. The van der Waals surface area contributed by atoms with Crippen LogP contribution >= 0.6 is 11.3 Å². The minimum Gasteiger partial charge on any atom is -0.351 e. The Bertz CT molecular complexity index is 744. The Morgan fingerprint density at radius 3 is 2.75 bits per heavy atom. The molecule has 0 aliphatic carbocycles. The number of carbonyl (C=O) groups is 2. The first kappa shape index (κ1) is 17.6. The van der Waals surface area contributed by atoms with Crippen LogP contribution in [-0.4, -0.2) is 23.3 Å². The summed E-state index contributed by atoms with van der Waals surface area (Å²) in [5.41, 5.74) is 0.894. The van der Waals surface area contributed by atoms with Crippen LogP contribution in [0.1, 0.15) is 28.1 Å². The van der Waals surface area contributed by atoms with Crippen LogP contribution < -0.4 is 10.6 Å². The van der Waals surface area contributed by atoms with E-state index in [0.717, 1.165) is 0 Å². The molecular formula is C16H17N3O4S. The zero-order chi connectivity index (χ0) is 17.5. The van der Waals surface area contributed by atoms with Crippen LogP contribution in [0.4, 0.5) is 11.4 Å². The van der Waals surface area contributed by atoms with Crippen molar-refractivity contribution in [3.8, 4) is 0 Å². The maximum atomic E-state index is 11.9. The van der Waals surface area contributed by atoms with Gasteiger partial charge in [0.15, 0.2) is 0 Å². The monoisotopic (exact) mass is 347 g/mol. The normalized spacial score (nSPS) is 10.2. The van der Waals surface area contributed by atoms with Crippen LogP contribution in [0.3, 0.4) is 0 Å². The van der Waals surface area contributed by atoms with Crippen LogP contribution in [-0.2, 0) is 4.79 Å². The number of amides is 2. The molecule has 0 atom stereocenters. The van der Waals surface area contributed by atoms with Crippen LogP contribution in [0.15, 0.2) is 35.7 Å². The second-order valence-corrected chi connectivity index (χ2v) is 6.09. The first-order valence-corrected chi connectivity index (χ1v) is 8.22. The van der Waals surface area contributed by atoms with E-state index in [1.165, 1.54) is 17.4 Å². The van der Waals surface area contributed by atoms with E-state index >= 15 is 0 Å². The lowest BCUT2D eigenvalue weighted by molar-refractivity contribution is -0.385. The Balaban J connectivity index is 1.76. The third-order valence-corrected chi connectivity index (χ3v) is 4.17. The van der Waals surface area contributed by atoms with Gasteiger partial charge in [-0.25, -0.2) is 0 Å². The molecule has 0 fully saturated rings. The molecule has 2 aromatic rings. The number of benzene rings is 1. The molecule has 2 N–H and O–H groups in total. The minimum atomic E-state index is -0.481. The highest BCUT2D eigenvalue weighted by Gasteiger charge is 2.12. The minimum absolute atomic E-state index is 0.0315. The zero-order valence-electron chi connectivity index (χ0n) is 13.1. The molecule has 126 valence electrons. The number of nitro benzene ring substituents is 1. The molecule has 7 nitrogen and oxygen atoms in total. The van der Waals surface area contributed by atoms with Gasteiger partial charge in [-0.05, 0) is 30.9 Å². The van der Waals surface area contributed by atoms with Gasteiger partial charge in [-0.15, -0.1) is 11.3 Å². The van der Waals surface area contributed by atoms with Crippen molar-refractivity contribution in [1.29, 1.82) is 0 Å². The van der Waals surface area contributed by atoms with Gasteiger partial charge in [0.25, 0.3) is 11.6 Å². The lowest BCUT2D eigenvalue weighted by Crippen LogP contribution is -2.24. The van der Waals surface area contributed by atoms with Gasteiger partial charge in [0.05, 0.1) is 9.80 Å². The Morgan fingerprint density at radius 1 is 1.29 bits per heavy atom. The predicted octanol–water partition coefficient (Wildman–Crippen LogP) is 3.11. The number of carbonyl (C=O) groups excluding carboxylic acids is 2. The highest BCUT2D eigenvalue weighted by molar-refractivity contribution is 7.12. The summed E-state index contributed by atoms with van der Waals surface area (Å²) in [6.45, 7) is 2.03. The average Bonchev–Trinajstić information content (AvgIpc) is 3.07. The summed E-state index contributed by atoms with van der Waals surface area (Å²) in [5, 5.41) is 18.1. The van der Waals surface area contributed by atoms with Crippen molar-refractivity contribution in [3.63, 3.8) is 0 Å². The van der Waals surface area contributed by atoms with Crippen LogP contribution in [0.25, 0.3) is 0 Å². The predicted molar refractivity (Wildman–Crippen MR) is 92.3 cm³/mol. The maximum Gasteiger partial charge on any atom is 0.274 e. The second-order valence-electron chi connectivity index (χ2n) is 5.14. The van der Waals surface area contributed by atoms with Crippen LogP contribution in [0.2, 0.25) is 0 Å². The highest BCUT2D eigenvalue weighted by Crippen LogP contribution is 2.22. The van der Waals surface area contributed by atoms with Crippen molar-refractivity contribution in [2.75, 3.05) is 11.9 Å². The fourth-order valence-corrected chi connectivity index (χ4v) is 2.69.